The Morgan fingerprint density at radius 2 is 2.28 bits per heavy atom. The second-order valence-corrected chi connectivity index (χ2v) is 4.01. The number of carbonyl (C=O) groups is 1. The van der Waals surface area contributed by atoms with Gasteiger partial charge in [-0.3, -0.25) is 15.1 Å². The lowest BCUT2D eigenvalue weighted by Gasteiger charge is -2.00. The van der Waals surface area contributed by atoms with Gasteiger partial charge in [0.15, 0.2) is 5.96 Å². The number of aromatic hydroxyl groups is 1. The van der Waals surface area contributed by atoms with E-state index in [4.69, 9.17) is 17.3 Å². The number of nitrogens with one attached hydrogen (secondary N) is 2. The molecule has 1 aromatic carbocycles. The maximum absolute atomic E-state index is 11.8. The van der Waals surface area contributed by atoms with E-state index in [0.29, 0.717) is 15.9 Å². The van der Waals surface area contributed by atoms with Gasteiger partial charge in [-0.25, -0.2) is 0 Å². The number of hydrogen-bond donors (Lipinski definition) is 4. The SMILES string of the molecule is CN=C(N)NC(=O)c1cc2c(Cl)ccc(O)c2[nH]1. The number of phenols is 1. The summed E-state index contributed by atoms with van der Waals surface area (Å²) in [5, 5.41) is 13.0. The van der Waals surface area contributed by atoms with Gasteiger partial charge in [-0.05, 0) is 18.2 Å². The van der Waals surface area contributed by atoms with Gasteiger partial charge in [-0.15, -0.1) is 0 Å². The lowest BCUT2D eigenvalue weighted by Crippen LogP contribution is -2.36. The highest BCUT2D eigenvalue weighted by atomic mass is 35.5. The van der Waals surface area contributed by atoms with Gasteiger partial charge in [0.2, 0.25) is 0 Å². The molecule has 0 bridgehead atoms. The second kappa shape index (κ2) is 4.58. The maximum atomic E-state index is 11.8. The minimum Gasteiger partial charge on any atom is -0.506 e. The highest BCUT2D eigenvalue weighted by molar-refractivity contribution is 6.35. The number of fused-ring (bicyclic) bond motifs is 1. The van der Waals surface area contributed by atoms with E-state index in [9.17, 15) is 9.90 Å². The summed E-state index contributed by atoms with van der Waals surface area (Å²) in [6.07, 6.45) is 0. The fourth-order valence-electron chi connectivity index (χ4n) is 1.53. The van der Waals surface area contributed by atoms with E-state index in [1.54, 1.807) is 6.07 Å². The van der Waals surface area contributed by atoms with E-state index in [-0.39, 0.29) is 17.4 Å². The average Bonchev–Trinajstić information content (AvgIpc) is 2.80. The highest BCUT2D eigenvalue weighted by Crippen LogP contribution is 2.30. The maximum Gasteiger partial charge on any atom is 0.274 e. The first-order valence-electron chi connectivity index (χ1n) is 5.06. The van der Waals surface area contributed by atoms with Crippen LogP contribution in [0.1, 0.15) is 10.5 Å². The Morgan fingerprint density at radius 3 is 2.89 bits per heavy atom. The molecular weight excluding hydrogens is 256 g/mol. The summed E-state index contributed by atoms with van der Waals surface area (Å²) in [5.41, 5.74) is 6.03. The Bertz CT molecular complexity index is 609. The molecule has 0 saturated heterocycles. The van der Waals surface area contributed by atoms with Crippen LogP contribution in [0, 0.1) is 0 Å². The first kappa shape index (κ1) is 12.3. The number of amides is 1. The topological polar surface area (TPSA) is 104 Å². The molecule has 2 aromatic rings. The predicted octanol–water partition coefficient (Wildman–Crippen LogP) is 1.20. The number of carbonyl (C=O) groups excluding carboxylic acids is 1. The van der Waals surface area contributed by atoms with Gasteiger partial charge in [0.1, 0.15) is 11.4 Å². The van der Waals surface area contributed by atoms with Crippen molar-refractivity contribution in [3.63, 3.8) is 0 Å². The molecule has 0 aliphatic rings. The summed E-state index contributed by atoms with van der Waals surface area (Å²) in [6.45, 7) is 0. The van der Waals surface area contributed by atoms with Crippen molar-refractivity contribution in [3.8, 4) is 5.75 Å². The van der Waals surface area contributed by atoms with Crippen LogP contribution in [0.5, 0.6) is 5.75 Å². The Hall–Kier alpha value is -2.21. The summed E-state index contributed by atoms with van der Waals surface area (Å²) in [6, 6.07) is 4.54. The summed E-state index contributed by atoms with van der Waals surface area (Å²) < 4.78 is 0. The predicted molar refractivity (Wildman–Crippen MR) is 70.0 cm³/mol. The quantitative estimate of drug-likeness (QED) is 0.460. The summed E-state index contributed by atoms with van der Waals surface area (Å²) in [5.74, 6) is -0.427. The zero-order chi connectivity index (χ0) is 13.3. The molecule has 7 heteroatoms. The van der Waals surface area contributed by atoms with Gasteiger partial charge in [0.25, 0.3) is 5.91 Å². The molecule has 0 aliphatic heterocycles. The molecule has 6 nitrogen and oxygen atoms in total. The fourth-order valence-corrected chi connectivity index (χ4v) is 1.74. The third-order valence-electron chi connectivity index (χ3n) is 2.45. The molecule has 94 valence electrons. The number of rotatable bonds is 1. The number of phenolic OH excluding ortho intramolecular Hbond substituents is 1. The Kier molecular flexibility index (Phi) is 3.12. The molecule has 18 heavy (non-hydrogen) atoms. The minimum atomic E-state index is -0.454. The van der Waals surface area contributed by atoms with Crippen LogP contribution in [-0.4, -0.2) is 29.0 Å². The monoisotopic (exact) mass is 266 g/mol. The standard InChI is InChI=1S/C11H11ClN4O2/c1-14-11(13)16-10(18)7-4-5-6(12)2-3-8(17)9(5)15-7/h2-4,15,17H,1H3,(H3,13,14,16,18). The number of benzene rings is 1. The van der Waals surface area contributed by atoms with Crippen LogP contribution >= 0.6 is 11.6 Å². The number of nitrogens with two attached hydrogens (primary N) is 1. The number of guanidine groups is 1. The van der Waals surface area contributed by atoms with Crippen molar-refractivity contribution in [2.45, 2.75) is 0 Å². The van der Waals surface area contributed by atoms with E-state index in [1.807, 2.05) is 0 Å². The van der Waals surface area contributed by atoms with Crippen molar-refractivity contribution in [2.75, 3.05) is 7.05 Å². The van der Waals surface area contributed by atoms with Crippen molar-refractivity contribution < 1.29 is 9.90 Å². The first-order chi connectivity index (χ1) is 8.52. The molecule has 0 atom stereocenters. The number of aromatic amines is 1. The minimum absolute atomic E-state index is 0.00831. The molecule has 0 spiro atoms. The van der Waals surface area contributed by atoms with Crippen molar-refractivity contribution in [1.82, 2.24) is 10.3 Å². The second-order valence-electron chi connectivity index (χ2n) is 3.60. The van der Waals surface area contributed by atoms with E-state index in [1.165, 1.54) is 19.2 Å². The lowest BCUT2D eigenvalue weighted by molar-refractivity contribution is 0.0972. The van der Waals surface area contributed by atoms with Gasteiger partial charge in [-0.1, -0.05) is 11.6 Å². The molecule has 2 rings (SSSR count). The molecule has 1 heterocycles. The Morgan fingerprint density at radius 1 is 1.56 bits per heavy atom. The van der Waals surface area contributed by atoms with Crippen molar-refractivity contribution in [1.29, 1.82) is 0 Å². The zero-order valence-electron chi connectivity index (χ0n) is 9.49. The largest absolute Gasteiger partial charge is 0.506 e. The third-order valence-corrected chi connectivity index (χ3v) is 2.78. The van der Waals surface area contributed by atoms with Crippen LogP contribution in [0.4, 0.5) is 0 Å². The number of H-pyrrole nitrogens is 1. The molecule has 1 aromatic heterocycles. The lowest BCUT2D eigenvalue weighted by atomic mass is 10.2. The molecule has 0 aliphatic carbocycles. The molecular formula is C11H11ClN4O2. The van der Waals surface area contributed by atoms with Crippen LogP contribution in [-0.2, 0) is 0 Å². The number of hydrogen-bond acceptors (Lipinski definition) is 3. The van der Waals surface area contributed by atoms with Gasteiger partial charge < -0.3 is 15.8 Å². The van der Waals surface area contributed by atoms with Crippen LogP contribution in [0.2, 0.25) is 5.02 Å². The summed E-state index contributed by atoms with van der Waals surface area (Å²) in [4.78, 5) is 18.2. The molecule has 1 amide bonds. The van der Waals surface area contributed by atoms with Crippen molar-refractivity contribution in [3.05, 3.63) is 28.9 Å². The Labute approximate surface area is 107 Å². The van der Waals surface area contributed by atoms with E-state index in [0.717, 1.165) is 0 Å². The van der Waals surface area contributed by atoms with Gasteiger partial charge in [-0.2, -0.15) is 0 Å². The number of aromatic nitrogens is 1. The van der Waals surface area contributed by atoms with Crippen LogP contribution in [0.15, 0.2) is 23.2 Å². The smallest absolute Gasteiger partial charge is 0.274 e. The molecule has 5 N–H and O–H groups in total. The van der Waals surface area contributed by atoms with Crippen LogP contribution in [0.25, 0.3) is 10.9 Å². The Balaban J connectivity index is 2.45. The first-order valence-corrected chi connectivity index (χ1v) is 5.44. The van der Waals surface area contributed by atoms with Gasteiger partial charge in [0.05, 0.1) is 10.5 Å². The van der Waals surface area contributed by atoms with Crippen molar-refractivity contribution >= 4 is 34.4 Å². The van der Waals surface area contributed by atoms with Crippen LogP contribution < -0.4 is 11.1 Å². The van der Waals surface area contributed by atoms with Gasteiger partial charge >= 0.3 is 0 Å². The summed E-state index contributed by atoms with van der Waals surface area (Å²) in [7, 11) is 1.46. The zero-order valence-corrected chi connectivity index (χ0v) is 10.2. The number of nitrogens with zero attached hydrogens (tertiary/aromatic N) is 1. The normalized spacial score (nSPS) is 11.8. The van der Waals surface area contributed by atoms with E-state index in [2.05, 4.69) is 15.3 Å². The highest BCUT2D eigenvalue weighted by Gasteiger charge is 2.13. The molecule has 0 radical (unpaired) electrons. The molecule has 0 saturated carbocycles. The average molecular weight is 267 g/mol. The fraction of sp³-hybridized carbons (Fsp3) is 0.0909. The molecule has 0 unspecified atom stereocenters. The van der Waals surface area contributed by atoms with E-state index >= 15 is 0 Å². The third kappa shape index (κ3) is 2.10. The molecule has 0 fully saturated rings. The number of aliphatic imine (C=N–C) groups is 1. The van der Waals surface area contributed by atoms with Crippen molar-refractivity contribution in [2.24, 2.45) is 10.7 Å². The van der Waals surface area contributed by atoms with Gasteiger partial charge in [0, 0.05) is 12.4 Å². The number of halogens is 1. The van der Waals surface area contributed by atoms with E-state index < -0.39 is 5.91 Å². The summed E-state index contributed by atoms with van der Waals surface area (Å²) >= 11 is 5.97. The van der Waals surface area contributed by atoms with Crippen LogP contribution in [0.3, 0.4) is 0 Å².